The standard InChI is InChI=1S/C25H25FN4O3/c1-12(2)33-25(32)29-22-9-17(14(4)7-20(22)26)19-8-16-11-27-23(10-21(16)28-15(19)5)30-24(31)18-6-13(18)3/h7-11,13,18H,1,6H2,2-5H3,(H,29,32)(H,27,30,31). The van der Waals surface area contributed by atoms with Crippen molar-refractivity contribution < 1.29 is 18.7 Å². The molecule has 2 N–H and O–H groups in total. The van der Waals surface area contributed by atoms with Gasteiger partial charge in [-0.3, -0.25) is 15.1 Å². The molecule has 1 fully saturated rings. The lowest BCUT2D eigenvalue weighted by Crippen LogP contribution is -2.15. The molecule has 3 aromatic rings. The second kappa shape index (κ2) is 8.61. The van der Waals surface area contributed by atoms with E-state index in [2.05, 4.69) is 27.2 Å². The van der Waals surface area contributed by atoms with Crippen LogP contribution in [0.15, 0.2) is 42.8 Å². The highest BCUT2D eigenvalue weighted by molar-refractivity contribution is 5.96. The third-order valence-electron chi connectivity index (χ3n) is 5.70. The maximum absolute atomic E-state index is 14.5. The van der Waals surface area contributed by atoms with Crippen LogP contribution >= 0.6 is 0 Å². The molecular formula is C25H25FN4O3. The third kappa shape index (κ3) is 4.84. The lowest BCUT2D eigenvalue weighted by atomic mass is 9.97. The highest BCUT2D eigenvalue weighted by Crippen LogP contribution is 2.38. The van der Waals surface area contributed by atoms with Crippen LogP contribution in [0.3, 0.4) is 0 Å². The summed E-state index contributed by atoms with van der Waals surface area (Å²) in [6, 6.07) is 6.56. The molecule has 33 heavy (non-hydrogen) atoms. The predicted molar refractivity (Wildman–Crippen MR) is 125 cm³/mol. The van der Waals surface area contributed by atoms with Crippen LogP contribution in [0.25, 0.3) is 22.0 Å². The Hall–Kier alpha value is -3.81. The van der Waals surface area contributed by atoms with Gasteiger partial charge in [-0.15, -0.1) is 0 Å². The smallest absolute Gasteiger partial charge is 0.416 e. The minimum atomic E-state index is -0.816. The van der Waals surface area contributed by atoms with Crippen LogP contribution in [0.4, 0.5) is 20.7 Å². The second-order valence-electron chi connectivity index (χ2n) is 8.56. The summed E-state index contributed by atoms with van der Waals surface area (Å²) < 4.78 is 19.3. The first kappa shape index (κ1) is 22.4. The first-order valence-electron chi connectivity index (χ1n) is 10.7. The zero-order valence-electron chi connectivity index (χ0n) is 19.0. The van der Waals surface area contributed by atoms with Gasteiger partial charge in [0.2, 0.25) is 5.91 Å². The molecule has 2 aromatic heterocycles. The van der Waals surface area contributed by atoms with Gasteiger partial charge in [-0.2, -0.15) is 0 Å². The van der Waals surface area contributed by atoms with E-state index in [9.17, 15) is 14.0 Å². The number of fused-ring (bicyclic) bond motifs is 1. The van der Waals surface area contributed by atoms with Crippen LogP contribution in [-0.4, -0.2) is 22.0 Å². The fourth-order valence-electron chi connectivity index (χ4n) is 3.76. The van der Waals surface area contributed by atoms with Gasteiger partial charge in [-0.05, 0) is 62.4 Å². The Kier molecular flexibility index (Phi) is 5.84. The zero-order chi connectivity index (χ0) is 23.9. The first-order valence-corrected chi connectivity index (χ1v) is 10.7. The van der Waals surface area contributed by atoms with Gasteiger partial charge >= 0.3 is 6.09 Å². The molecule has 2 unspecified atom stereocenters. The molecular weight excluding hydrogens is 423 g/mol. The normalized spacial score (nSPS) is 16.9. The number of halogens is 1. The Morgan fingerprint density at radius 2 is 1.88 bits per heavy atom. The van der Waals surface area contributed by atoms with Crippen LogP contribution < -0.4 is 10.6 Å². The number of amides is 2. The molecule has 170 valence electrons. The zero-order valence-corrected chi connectivity index (χ0v) is 19.0. The van der Waals surface area contributed by atoms with Crippen molar-refractivity contribution in [3.05, 3.63) is 59.9 Å². The summed E-state index contributed by atoms with van der Waals surface area (Å²) >= 11 is 0. The summed E-state index contributed by atoms with van der Waals surface area (Å²) in [5.41, 5.74) is 3.58. The molecule has 1 aliphatic carbocycles. The van der Waals surface area contributed by atoms with Crippen LogP contribution in [0.5, 0.6) is 0 Å². The van der Waals surface area contributed by atoms with E-state index in [-0.39, 0.29) is 23.3 Å². The molecule has 0 aliphatic heterocycles. The maximum Gasteiger partial charge on any atom is 0.416 e. The summed E-state index contributed by atoms with van der Waals surface area (Å²) in [7, 11) is 0. The van der Waals surface area contributed by atoms with Crippen LogP contribution in [-0.2, 0) is 9.53 Å². The van der Waals surface area contributed by atoms with Gasteiger partial charge in [0.1, 0.15) is 11.6 Å². The number of carbonyl (C=O) groups is 2. The Morgan fingerprint density at radius 1 is 1.15 bits per heavy atom. The minimum absolute atomic E-state index is 0.00756. The lowest BCUT2D eigenvalue weighted by Gasteiger charge is -2.14. The van der Waals surface area contributed by atoms with E-state index in [1.807, 2.05) is 19.9 Å². The number of pyridine rings is 2. The number of carbonyl (C=O) groups excluding carboxylic acids is 2. The number of nitrogens with one attached hydrogen (secondary N) is 2. The minimum Gasteiger partial charge on any atom is -0.416 e. The van der Waals surface area contributed by atoms with Crippen molar-refractivity contribution in [1.82, 2.24) is 9.97 Å². The molecule has 0 spiro atoms. The van der Waals surface area contributed by atoms with Crippen molar-refractivity contribution in [3.8, 4) is 11.1 Å². The van der Waals surface area contributed by atoms with Gasteiger partial charge in [-0.25, -0.2) is 14.2 Å². The molecule has 2 heterocycles. The van der Waals surface area contributed by atoms with E-state index in [0.717, 1.165) is 17.4 Å². The quantitative estimate of drug-likeness (QED) is 0.486. The van der Waals surface area contributed by atoms with E-state index in [1.165, 1.54) is 13.0 Å². The molecule has 0 saturated heterocycles. The summed E-state index contributed by atoms with van der Waals surface area (Å²) in [5, 5.41) is 6.04. The van der Waals surface area contributed by atoms with Crippen molar-refractivity contribution in [2.45, 2.75) is 34.1 Å². The van der Waals surface area contributed by atoms with Gasteiger partial charge in [0.05, 0.1) is 17.0 Å². The van der Waals surface area contributed by atoms with E-state index < -0.39 is 11.9 Å². The predicted octanol–water partition coefficient (Wildman–Crippen LogP) is 5.73. The number of rotatable bonds is 5. The van der Waals surface area contributed by atoms with Crippen molar-refractivity contribution >= 4 is 34.4 Å². The van der Waals surface area contributed by atoms with E-state index in [0.29, 0.717) is 34.1 Å². The lowest BCUT2D eigenvalue weighted by molar-refractivity contribution is -0.117. The first-order chi connectivity index (χ1) is 15.6. The number of aromatic nitrogens is 2. The van der Waals surface area contributed by atoms with Gasteiger partial charge in [0.15, 0.2) is 0 Å². The summed E-state index contributed by atoms with van der Waals surface area (Å²) in [6.45, 7) is 10.7. The molecule has 1 aromatic carbocycles. The van der Waals surface area contributed by atoms with Crippen molar-refractivity contribution in [2.24, 2.45) is 11.8 Å². The maximum atomic E-state index is 14.5. The number of allylic oxidation sites excluding steroid dienone is 1. The molecule has 4 rings (SSSR count). The molecule has 0 radical (unpaired) electrons. The summed E-state index contributed by atoms with van der Waals surface area (Å²) in [5.74, 6) is 0.533. The number of aryl methyl sites for hydroxylation is 2. The molecule has 0 bridgehead atoms. The van der Waals surface area contributed by atoms with E-state index >= 15 is 0 Å². The highest BCUT2D eigenvalue weighted by atomic mass is 19.1. The average Bonchev–Trinajstić information content (AvgIpc) is 3.46. The molecule has 8 heteroatoms. The average molecular weight is 448 g/mol. The fraction of sp³-hybridized carbons (Fsp3) is 0.280. The molecule has 1 aliphatic rings. The third-order valence-corrected chi connectivity index (χ3v) is 5.70. The van der Waals surface area contributed by atoms with Gasteiger partial charge in [0.25, 0.3) is 0 Å². The Bertz CT molecular complexity index is 1300. The summed E-state index contributed by atoms with van der Waals surface area (Å²) in [4.78, 5) is 33.2. The monoisotopic (exact) mass is 448 g/mol. The summed E-state index contributed by atoms with van der Waals surface area (Å²) in [6.07, 6.45) is 1.74. The fourth-order valence-corrected chi connectivity index (χ4v) is 3.76. The van der Waals surface area contributed by atoms with Crippen molar-refractivity contribution in [1.29, 1.82) is 0 Å². The Morgan fingerprint density at radius 3 is 2.55 bits per heavy atom. The SMILES string of the molecule is C=C(C)OC(=O)Nc1cc(-c2cc3cnc(NC(=O)C4CC4C)cc3nc2C)c(C)cc1F. The number of benzene rings is 1. The number of ether oxygens (including phenoxy) is 1. The van der Waals surface area contributed by atoms with Gasteiger partial charge in [-0.1, -0.05) is 13.5 Å². The second-order valence-corrected chi connectivity index (χ2v) is 8.56. The van der Waals surface area contributed by atoms with E-state index in [1.54, 1.807) is 25.3 Å². The number of hydrogen-bond acceptors (Lipinski definition) is 5. The van der Waals surface area contributed by atoms with Crippen LogP contribution in [0, 0.1) is 31.5 Å². The number of hydrogen-bond donors (Lipinski definition) is 2. The molecule has 2 atom stereocenters. The van der Waals surface area contributed by atoms with E-state index in [4.69, 9.17) is 4.74 Å². The number of anilines is 2. The van der Waals surface area contributed by atoms with Crippen LogP contribution in [0.1, 0.15) is 31.5 Å². The largest absolute Gasteiger partial charge is 0.416 e. The Labute approximate surface area is 191 Å². The molecule has 1 saturated carbocycles. The van der Waals surface area contributed by atoms with Gasteiger partial charge < -0.3 is 10.1 Å². The van der Waals surface area contributed by atoms with Crippen molar-refractivity contribution in [2.75, 3.05) is 10.6 Å². The topological polar surface area (TPSA) is 93.2 Å². The Balaban J connectivity index is 1.66. The van der Waals surface area contributed by atoms with Crippen LogP contribution in [0.2, 0.25) is 0 Å². The highest BCUT2D eigenvalue weighted by Gasteiger charge is 2.39. The van der Waals surface area contributed by atoms with Gasteiger partial charge in [0, 0.05) is 34.8 Å². The number of nitrogens with zero attached hydrogens (tertiary/aromatic N) is 2. The van der Waals surface area contributed by atoms with Crippen molar-refractivity contribution in [3.63, 3.8) is 0 Å². The molecule has 2 amide bonds. The molecule has 7 nitrogen and oxygen atoms in total.